The number of nitrogens with zero attached hydrogens (tertiary/aromatic N) is 2. The van der Waals surface area contributed by atoms with Crippen molar-refractivity contribution in [1.29, 1.82) is 0 Å². The quantitative estimate of drug-likeness (QED) is 0.210. The molecule has 3 rings (SSSR count). The molecule has 0 bridgehead atoms. The van der Waals surface area contributed by atoms with Crippen LogP contribution in [-0.2, 0) is 11.3 Å². The molecule has 0 unspecified atom stereocenters. The molecule has 31 heavy (non-hydrogen) atoms. The Bertz CT molecular complexity index is 871. The van der Waals surface area contributed by atoms with Crippen molar-refractivity contribution in [3.63, 3.8) is 0 Å². The molecule has 0 saturated carbocycles. The lowest BCUT2D eigenvalue weighted by atomic mass is 10.2. The molecule has 1 fully saturated rings. The molecule has 7 nitrogen and oxygen atoms in total. The van der Waals surface area contributed by atoms with Crippen LogP contribution in [-0.4, -0.2) is 44.0 Å². The number of nitrogens with one attached hydrogen (secondary N) is 3. The van der Waals surface area contributed by atoms with Crippen LogP contribution in [0, 0.1) is 0 Å². The SMILES string of the molecule is CCNC(=NCc1ccc(N2CCCC2=O)cc1)NCCNC(=O)c1ccccc1.I. The van der Waals surface area contributed by atoms with Gasteiger partial charge in [-0.15, -0.1) is 24.0 Å². The van der Waals surface area contributed by atoms with Crippen LogP contribution in [0.3, 0.4) is 0 Å². The second-order valence-corrected chi connectivity index (χ2v) is 7.06. The van der Waals surface area contributed by atoms with Crippen LogP contribution in [0.4, 0.5) is 5.69 Å². The van der Waals surface area contributed by atoms with E-state index >= 15 is 0 Å². The summed E-state index contributed by atoms with van der Waals surface area (Å²) in [5.74, 6) is 0.805. The Morgan fingerprint density at radius 3 is 2.35 bits per heavy atom. The van der Waals surface area contributed by atoms with E-state index in [0.29, 0.717) is 37.6 Å². The van der Waals surface area contributed by atoms with Crippen molar-refractivity contribution in [3.05, 3.63) is 65.7 Å². The van der Waals surface area contributed by atoms with Gasteiger partial charge in [-0.1, -0.05) is 30.3 Å². The highest BCUT2D eigenvalue weighted by atomic mass is 127. The maximum Gasteiger partial charge on any atom is 0.251 e. The summed E-state index contributed by atoms with van der Waals surface area (Å²) in [4.78, 5) is 30.4. The maximum atomic E-state index is 12.1. The molecule has 8 heteroatoms. The number of carbonyl (C=O) groups is 2. The van der Waals surface area contributed by atoms with Gasteiger partial charge < -0.3 is 20.9 Å². The molecule has 1 heterocycles. The molecule has 0 aliphatic carbocycles. The lowest BCUT2D eigenvalue weighted by Crippen LogP contribution is -2.41. The van der Waals surface area contributed by atoms with Crippen molar-refractivity contribution in [3.8, 4) is 0 Å². The maximum absolute atomic E-state index is 12.1. The molecule has 2 aromatic rings. The zero-order valence-electron chi connectivity index (χ0n) is 17.8. The van der Waals surface area contributed by atoms with E-state index in [9.17, 15) is 9.59 Å². The molecule has 0 radical (unpaired) electrons. The van der Waals surface area contributed by atoms with Gasteiger partial charge in [0.1, 0.15) is 0 Å². The number of amides is 2. The number of guanidine groups is 1. The summed E-state index contributed by atoms with van der Waals surface area (Å²) >= 11 is 0. The van der Waals surface area contributed by atoms with E-state index in [0.717, 1.165) is 30.8 Å². The number of hydrogen-bond acceptors (Lipinski definition) is 3. The number of aliphatic imine (C=N–C) groups is 1. The Morgan fingerprint density at radius 2 is 1.71 bits per heavy atom. The molecule has 1 aliphatic rings. The minimum Gasteiger partial charge on any atom is -0.357 e. The minimum atomic E-state index is -0.0871. The Balaban J connectivity index is 0.00000341. The fourth-order valence-corrected chi connectivity index (χ4v) is 3.26. The average Bonchev–Trinajstić information content (AvgIpc) is 3.21. The zero-order chi connectivity index (χ0) is 21.2. The third-order valence-electron chi connectivity index (χ3n) is 4.82. The summed E-state index contributed by atoms with van der Waals surface area (Å²) in [5, 5.41) is 9.33. The Kier molecular flexibility index (Phi) is 10.3. The molecular formula is C23H30IN5O2. The molecule has 0 spiro atoms. The fourth-order valence-electron chi connectivity index (χ4n) is 3.26. The highest BCUT2D eigenvalue weighted by Gasteiger charge is 2.21. The highest BCUT2D eigenvalue weighted by molar-refractivity contribution is 14.0. The third kappa shape index (κ3) is 7.54. The van der Waals surface area contributed by atoms with Crippen LogP contribution in [0.2, 0.25) is 0 Å². The Morgan fingerprint density at radius 1 is 1.00 bits per heavy atom. The molecule has 1 aliphatic heterocycles. The van der Waals surface area contributed by atoms with Crippen LogP contribution < -0.4 is 20.9 Å². The summed E-state index contributed by atoms with van der Waals surface area (Å²) in [6.45, 7) is 5.15. The first-order valence-corrected chi connectivity index (χ1v) is 10.4. The van der Waals surface area contributed by atoms with Crippen molar-refractivity contribution in [1.82, 2.24) is 16.0 Å². The number of benzene rings is 2. The van der Waals surface area contributed by atoms with E-state index in [4.69, 9.17) is 0 Å². The van der Waals surface area contributed by atoms with Crippen molar-refractivity contribution in [2.45, 2.75) is 26.3 Å². The van der Waals surface area contributed by atoms with E-state index in [-0.39, 0.29) is 35.8 Å². The van der Waals surface area contributed by atoms with E-state index in [1.54, 1.807) is 12.1 Å². The summed E-state index contributed by atoms with van der Waals surface area (Å²) < 4.78 is 0. The third-order valence-corrected chi connectivity index (χ3v) is 4.82. The topological polar surface area (TPSA) is 85.8 Å². The second kappa shape index (κ2) is 12.9. The van der Waals surface area contributed by atoms with Gasteiger partial charge in [-0.25, -0.2) is 4.99 Å². The Labute approximate surface area is 200 Å². The monoisotopic (exact) mass is 535 g/mol. The van der Waals surface area contributed by atoms with Gasteiger partial charge in [-0.3, -0.25) is 9.59 Å². The molecule has 0 atom stereocenters. The lowest BCUT2D eigenvalue weighted by molar-refractivity contribution is -0.117. The average molecular weight is 535 g/mol. The zero-order valence-corrected chi connectivity index (χ0v) is 20.1. The van der Waals surface area contributed by atoms with Crippen molar-refractivity contribution >= 4 is 47.4 Å². The first kappa shape index (κ1) is 24.6. The first-order valence-electron chi connectivity index (χ1n) is 10.4. The summed E-state index contributed by atoms with van der Waals surface area (Å²) in [6.07, 6.45) is 1.56. The smallest absolute Gasteiger partial charge is 0.251 e. The van der Waals surface area contributed by atoms with Gasteiger partial charge in [0, 0.05) is 43.9 Å². The van der Waals surface area contributed by atoms with Crippen LogP contribution >= 0.6 is 24.0 Å². The Hall–Kier alpha value is -2.62. The van der Waals surface area contributed by atoms with Gasteiger partial charge in [0.05, 0.1) is 6.54 Å². The minimum absolute atomic E-state index is 0. The second-order valence-electron chi connectivity index (χ2n) is 7.06. The molecule has 2 amide bonds. The van der Waals surface area contributed by atoms with Crippen LogP contribution in [0.1, 0.15) is 35.7 Å². The summed E-state index contributed by atoms with van der Waals surface area (Å²) in [6, 6.07) is 17.1. The standard InChI is InChI=1S/C23H29N5O2.HI/c1-2-24-23(26-15-14-25-22(30)19-7-4-3-5-8-19)27-17-18-10-12-20(13-11-18)28-16-6-9-21(28)29;/h3-5,7-8,10-13H,2,6,9,14-17H2,1H3,(H,25,30)(H2,24,26,27);1H. The van der Waals surface area contributed by atoms with Gasteiger partial charge in [0.15, 0.2) is 5.96 Å². The van der Waals surface area contributed by atoms with Crippen molar-refractivity contribution in [2.75, 3.05) is 31.1 Å². The lowest BCUT2D eigenvalue weighted by Gasteiger charge is -2.16. The van der Waals surface area contributed by atoms with Gasteiger partial charge >= 0.3 is 0 Å². The molecule has 1 saturated heterocycles. The van der Waals surface area contributed by atoms with Gasteiger partial charge in [0.2, 0.25) is 5.91 Å². The highest BCUT2D eigenvalue weighted by Crippen LogP contribution is 2.21. The van der Waals surface area contributed by atoms with Gasteiger partial charge in [-0.05, 0) is 43.2 Å². The molecule has 166 valence electrons. The first-order chi connectivity index (χ1) is 14.7. The van der Waals surface area contributed by atoms with Crippen molar-refractivity contribution in [2.24, 2.45) is 4.99 Å². The molecular weight excluding hydrogens is 505 g/mol. The summed E-state index contributed by atoms with van der Waals surface area (Å²) in [7, 11) is 0. The number of anilines is 1. The number of rotatable bonds is 8. The predicted molar refractivity (Wildman–Crippen MR) is 135 cm³/mol. The number of hydrogen-bond donors (Lipinski definition) is 3. The van der Waals surface area contributed by atoms with E-state index < -0.39 is 0 Å². The molecule has 0 aromatic heterocycles. The fraction of sp³-hybridized carbons (Fsp3) is 0.348. The molecule has 3 N–H and O–H groups in total. The molecule has 2 aromatic carbocycles. The summed E-state index contributed by atoms with van der Waals surface area (Å²) in [5.41, 5.74) is 2.67. The van der Waals surface area contributed by atoms with Crippen LogP contribution in [0.5, 0.6) is 0 Å². The number of halogens is 1. The van der Waals surface area contributed by atoms with Crippen molar-refractivity contribution < 1.29 is 9.59 Å². The normalized spacial score (nSPS) is 13.5. The van der Waals surface area contributed by atoms with Crippen LogP contribution in [0.25, 0.3) is 0 Å². The van der Waals surface area contributed by atoms with E-state index in [2.05, 4.69) is 20.9 Å². The van der Waals surface area contributed by atoms with E-state index in [1.165, 1.54) is 0 Å². The van der Waals surface area contributed by atoms with Crippen LogP contribution in [0.15, 0.2) is 59.6 Å². The van der Waals surface area contributed by atoms with Gasteiger partial charge in [0.25, 0.3) is 5.91 Å². The van der Waals surface area contributed by atoms with E-state index in [1.807, 2.05) is 54.3 Å². The largest absolute Gasteiger partial charge is 0.357 e. The predicted octanol–water partition coefficient (Wildman–Crippen LogP) is 2.92. The number of carbonyl (C=O) groups excluding carboxylic acids is 2. The van der Waals surface area contributed by atoms with Gasteiger partial charge in [-0.2, -0.15) is 0 Å².